The van der Waals surface area contributed by atoms with Crippen molar-refractivity contribution >= 4 is 34.8 Å². The second-order valence-corrected chi connectivity index (χ2v) is 12.1. The molecule has 46 heavy (non-hydrogen) atoms. The van der Waals surface area contributed by atoms with Gasteiger partial charge in [-0.25, -0.2) is 5.01 Å². The maximum Gasteiger partial charge on any atom is 0.320 e. The fraction of sp³-hybridized carbons (Fsp3) is 0.441. The molecule has 3 aliphatic heterocycles. The Morgan fingerprint density at radius 2 is 1.57 bits per heavy atom. The first kappa shape index (κ1) is 30.1. The van der Waals surface area contributed by atoms with Crippen LogP contribution in [0.25, 0.3) is 6.08 Å². The number of nitro groups is 1. The van der Waals surface area contributed by atoms with Crippen LogP contribution < -0.4 is 9.80 Å². The number of carbonyl (C=O) groups is 1. The molecule has 0 radical (unpaired) electrons. The van der Waals surface area contributed by atoms with E-state index in [4.69, 9.17) is 14.6 Å². The Labute approximate surface area is 268 Å². The van der Waals surface area contributed by atoms with Gasteiger partial charge >= 0.3 is 11.6 Å². The van der Waals surface area contributed by atoms with Crippen molar-refractivity contribution in [2.75, 3.05) is 62.4 Å². The number of hydrogen-bond donors (Lipinski definition) is 0. The van der Waals surface area contributed by atoms with Gasteiger partial charge in [0, 0.05) is 50.0 Å². The molecule has 0 bridgehead atoms. The highest BCUT2D eigenvalue weighted by Gasteiger charge is 2.46. The van der Waals surface area contributed by atoms with Crippen LogP contribution in [0.15, 0.2) is 65.4 Å². The third-order valence-electron chi connectivity index (χ3n) is 9.40. The number of fused-ring (bicyclic) bond motifs is 1. The Balaban J connectivity index is 1.23. The number of nitrogens with zero attached hydrogens (tertiary/aromatic N) is 7. The number of carbonyl (C=O) groups excluding carboxylic acids is 1. The van der Waals surface area contributed by atoms with Crippen LogP contribution in [-0.4, -0.2) is 83.9 Å². The van der Waals surface area contributed by atoms with Gasteiger partial charge in [-0.15, -0.1) is 0 Å². The van der Waals surface area contributed by atoms with Crippen LogP contribution >= 0.6 is 0 Å². The molecule has 0 spiro atoms. The highest BCUT2D eigenvalue weighted by Crippen LogP contribution is 2.45. The minimum absolute atomic E-state index is 0.0434. The molecule has 2 saturated heterocycles. The number of morpholine rings is 2. The molecule has 0 N–H and O–H groups in total. The Bertz CT molecular complexity index is 1640. The van der Waals surface area contributed by atoms with Crippen molar-refractivity contribution in [2.24, 2.45) is 11.0 Å². The predicted molar refractivity (Wildman–Crippen MR) is 175 cm³/mol. The van der Waals surface area contributed by atoms with Crippen molar-refractivity contribution in [2.45, 2.75) is 38.8 Å². The Kier molecular flexibility index (Phi) is 8.55. The van der Waals surface area contributed by atoms with Crippen molar-refractivity contribution < 1.29 is 19.2 Å². The summed E-state index contributed by atoms with van der Waals surface area (Å²) in [6.07, 6.45) is 6.15. The van der Waals surface area contributed by atoms with Crippen LogP contribution in [0, 0.1) is 16.0 Å². The number of hydrazone groups is 1. The molecule has 1 aliphatic carbocycles. The van der Waals surface area contributed by atoms with E-state index in [2.05, 4.69) is 69.5 Å². The van der Waals surface area contributed by atoms with E-state index in [1.54, 1.807) is 0 Å². The summed E-state index contributed by atoms with van der Waals surface area (Å²) < 4.78 is 12.5. The van der Waals surface area contributed by atoms with Crippen LogP contribution in [0.4, 0.5) is 17.1 Å². The van der Waals surface area contributed by atoms with Crippen LogP contribution in [-0.2, 0) is 16.0 Å². The summed E-state index contributed by atoms with van der Waals surface area (Å²) in [5.41, 5.74) is 5.77. The summed E-state index contributed by atoms with van der Waals surface area (Å²) in [6.45, 7) is 8.53. The molecular weight excluding hydrogens is 586 g/mol. The van der Waals surface area contributed by atoms with E-state index in [0.29, 0.717) is 19.8 Å². The summed E-state index contributed by atoms with van der Waals surface area (Å²) in [5, 5.41) is 22.7. The minimum atomic E-state index is -0.558. The second kappa shape index (κ2) is 13.1. The first-order valence-corrected chi connectivity index (χ1v) is 16.2. The lowest BCUT2D eigenvalue weighted by molar-refractivity contribution is -0.385. The Hall–Kier alpha value is -4.55. The first-order valence-electron chi connectivity index (χ1n) is 16.2. The van der Waals surface area contributed by atoms with Crippen molar-refractivity contribution in [3.8, 4) is 0 Å². The van der Waals surface area contributed by atoms with Gasteiger partial charge in [0.2, 0.25) is 5.69 Å². The smallest absolute Gasteiger partial charge is 0.320 e. The fourth-order valence-electron chi connectivity index (χ4n) is 6.98. The molecule has 3 aromatic rings. The molecule has 2 unspecified atom stereocenters. The van der Waals surface area contributed by atoms with Gasteiger partial charge in [-0.2, -0.15) is 10.2 Å². The van der Waals surface area contributed by atoms with E-state index in [0.717, 1.165) is 86.8 Å². The summed E-state index contributed by atoms with van der Waals surface area (Å²) in [5.74, 6) is -0.601. The zero-order valence-corrected chi connectivity index (χ0v) is 26.1. The molecule has 7 rings (SSSR count). The van der Waals surface area contributed by atoms with E-state index < -0.39 is 16.9 Å². The van der Waals surface area contributed by atoms with E-state index in [1.807, 2.05) is 6.92 Å². The molecule has 1 amide bonds. The summed E-state index contributed by atoms with van der Waals surface area (Å²) >= 11 is 0. The number of hydrogen-bond acceptors (Lipinski definition) is 9. The molecule has 12 heteroatoms. The molecule has 1 saturated carbocycles. The van der Waals surface area contributed by atoms with Crippen molar-refractivity contribution in [1.82, 2.24) is 14.8 Å². The number of amides is 1. The molecule has 2 aromatic carbocycles. The Morgan fingerprint density at radius 3 is 2.15 bits per heavy atom. The number of aryl methyl sites for hydroxylation is 1. The van der Waals surface area contributed by atoms with Crippen molar-refractivity contribution in [3.63, 3.8) is 0 Å². The topological polar surface area (TPSA) is 119 Å². The van der Waals surface area contributed by atoms with Gasteiger partial charge in [-0.3, -0.25) is 19.6 Å². The van der Waals surface area contributed by atoms with Gasteiger partial charge < -0.3 is 19.3 Å². The molecule has 12 nitrogen and oxygen atoms in total. The Morgan fingerprint density at radius 1 is 0.957 bits per heavy atom. The van der Waals surface area contributed by atoms with E-state index >= 15 is 0 Å². The molecule has 4 heterocycles. The van der Waals surface area contributed by atoms with Gasteiger partial charge in [-0.1, -0.05) is 24.3 Å². The zero-order chi connectivity index (χ0) is 31.6. The number of benzene rings is 2. The lowest BCUT2D eigenvalue weighted by Gasteiger charge is -2.31. The summed E-state index contributed by atoms with van der Waals surface area (Å²) in [7, 11) is 0. The van der Waals surface area contributed by atoms with Crippen LogP contribution in [0.2, 0.25) is 0 Å². The molecule has 240 valence electrons. The quantitative estimate of drug-likeness (QED) is 0.268. The van der Waals surface area contributed by atoms with Crippen molar-refractivity contribution in [1.29, 1.82) is 0 Å². The van der Waals surface area contributed by atoms with Crippen LogP contribution in [0.3, 0.4) is 0 Å². The maximum atomic E-state index is 14.2. The number of allylic oxidation sites excluding steroid dienone is 1. The van der Waals surface area contributed by atoms with Crippen LogP contribution in [0.5, 0.6) is 0 Å². The van der Waals surface area contributed by atoms with Gasteiger partial charge in [0.25, 0.3) is 0 Å². The minimum Gasteiger partial charge on any atom is -0.378 e. The largest absolute Gasteiger partial charge is 0.378 e. The number of aromatic nitrogens is 2. The summed E-state index contributed by atoms with van der Waals surface area (Å²) in [6, 6.07) is 16.4. The van der Waals surface area contributed by atoms with E-state index in [9.17, 15) is 14.9 Å². The number of rotatable bonds is 7. The predicted octanol–water partition coefficient (Wildman–Crippen LogP) is 4.92. The van der Waals surface area contributed by atoms with Crippen LogP contribution in [0.1, 0.15) is 53.8 Å². The third kappa shape index (κ3) is 5.90. The first-order chi connectivity index (χ1) is 22.5. The molecular formula is C34H39N7O5. The highest BCUT2D eigenvalue weighted by atomic mass is 16.6. The van der Waals surface area contributed by atoms with E-state index in [-0.39, 0.29) is 17.3 Å². The molecule has 4 aliphatic rings. The number of ether oxygens (including phenoxy) is 2. The standard InChI is InChI=1S/C34H39N7O5/c1-2-39-23-30(41(43)44)32(35-39)34(42)40-33(25-8-12-28(13-9-25)38-16-20-46-21-17-38)29-5-3-4-26(31(29)36-40)22-24-6-10-27(11-7-24)37-14-18-45-19-15-37/h6-13,22-23,29,33H,2-5,14-21H2,1H3/b26-22-. The van der Waals surface area contributed by atoms with Gasteiger partial charge in [-0.05, 0) is 73.2 Å². The lowest BCUT2D eigenvalue weighted by atomic mass is 9.77. The maximum absolute atomic E-state index is 14.2. The average molecular weight is 626 g/mol. The molecule has 3 fully saturated rings. The second-order valence-electron chi connectivity index (χ2n) is 12.1. The van der Waals surface area contributed by atoms with Gasteiger partial charge in [0.15, 0.2) is 0 Å². The average Bonchev–Trinajstić information content (AvgIpc) is 3.73. The van der Waals surface area contributed by atoms with Gasteiger partial charge in [0.05, 0.1) is 43.1 Å². The van der Waals surface area contributed by atoms with E-state index in [1.165, 1.54) is 21.6 Å². The molecule has 2 atom stereocenters. The monoisotopic (exact) mass is 625 g/mol. The normalized spacial score (nSPS) is 22.6. The lowest BCUT2D eigenvalue weighted by Crippen LogP contribution is -2.36. The number of anilines is 2. The zero-order valence-electron chi connectivity index (χ0n) is 26.1. The summed E-state index contributed by atoms with van der Waals surface area (Å²) in [4.78, 5) is 30.2. The molecule has 1 aromatic heterocycles. The SMILES string of the molecule is CCn1cc([N+](=O)[O-])c(C(=O)N2N=C3/C(=C\c4ccc(N5CCOCC5)cc4)CCCC3C2c2ccc(N3CCOCC3)cc2)n1. The third-order valence-corrected chi connectivity index (χ3v) is 9.40. The van der Waals surface area contributed by atoms with Gasteiger partial charge in [0.1, 0.15) is 6.20 Å². The van der Waals surface area contributed by atoms with Crippen molar-refractivity contribution in [3.05, 3.63) is 87.2 Å². The fourth-order valence-corrected chi connectivity index (χ4v) is 6.98. The highest BCUT2D eigenvalue weighted by molar-refractivity contribution is 6.09.